The highest BCUT2D eigenvalue weighted by Gasteiger charge is 2.30. The molecule has 3 rings (SSSR count). The second-order valence-electron chi connectivity index (χ2n) is 5.79. The minimum Gasteiger partial charge on any atom is -0.435 e. The van der Waals surface area contributed by atoms with E-state index in [9.17, 15) is 13.6 Å². The van der Waals surface area contributed by atoms with Crippen molar-refractivity contribution in [2.24, 2.45) is 0 Å². The van der Waals surface area contributed by atoms with Gasteiger partial charge in [-0.25, -0.2) is 9.97 Å². The first-order valence-electron chi connectivity index (χ1n) is 7.94. The summed E-state index contributed by atoms with van der Waals surface area (Å²) >= 11 is 0. The smallest absolute Gasteiger partial charge is 0.387 e. The van der Waals surface area contributed by atoms with Gasteiger partial charge < -0.3 is 15.0 Å². The van der Waals surface area contributed by atoms with E-state index in [2.05, 4.69) is 20.0 Å². The Bertz CT molecular complexity index is 722. The van der Waals surface area contributed by atoms with Gasteiger partial charge in [-0.1, -0.05) is 0 Å². The van der Waals surface area contributed by atoms with Gasteiger partial charge in [-0.15, -0.1) is 0 Å². The molecule has 1 amide bonds. The molecule has 1 aromatic carbocycles. The van der Waals surface area contributed by atoms with Crippen LogP contribution in [0.1, 0.15) is 18.4 Å². The van der Waals surface area contributed by atoms with Crippen LogP contribution in [0.3, 0.4) is 0 Å². The van der Waals surface area contributed by atoms with Gasteiger partial charge in [0.1, 0.15) is 11.8 Å². The van der Waals surface area contributed by atoms with Crippen molar-refractivity contribution in [2.45, 2.75) is 32.4 Å². The molecule has 1 aliphatic rings. The molecular weight excluding hydrogens is 330 g/mol. The maximum absolute atomic E-state index is 12.7. The normalized spacial score (nSPS) is 17.7. The van der Waals surface area contributed by atoms with Gasteiger partial charge in [-0.05, 0) is 49.6 Å². The van der Waals surface area contributed by atoms with Gasteiger partial charge >= 0.3 is 6.61 Å². The number of nitrogens with zero attached hydrogens (tertiary/aromatic N) is 3. The molecule has 1 N–H and O–H groups in total. The summed E-state index contributed by atoms with van der Waals surface area (Å²) < 4.78 is 28.8. The van der Waals surface area contributed by atoms with Crippen LogP contribution in [0.15, 0.2) is 36.7 Å². The van der Waals surface area contributed by atoms with Gasteiger partial charge in [-0.3, -0.25) is 4.79 Å². The lowest BCUT2D eigenvalue weighted by atomic mass is 10.0. The largest absolute Gasteiger partial charge is 0.435 e. The second-order valence-corrected chi connectivity index (χ2v) is 5.79. The first-order chi connectivity index (χ1) is 12.0. The van der Waals surface area contributed by atoms with Crippen LogP contribution < -0.4 is 15.0 Å². The Kier molecular flexibility index (Phi) is 5.06. The van der Waals surface area contributed by atoms with Gasteiger partial charge in [0.25, 0.3) is 0 Å². The van der Waals surface area contributed by atoms with Crippen LogP contribution in [0.5, 0.6) is 5.75 Å². The number of carbonyl (C=O) groups is 1. The summed E-state index contributed by atoms with van der Waals surface area (Å²) in [6.07, 6.45) is 4.86. The summed E-state index contributed by atoms with van der Waals surface area (Å²) in [6.45, 7) is -0.412. The number of piperidine rings is 1. The molecule has 2 aromatic rings. The van der Waals surface area contributed by atoms with Crippen LogP contribution in [-0.4, -0.2) is 35.1 Å². The molecule has 1 aliphatic heterocycles. The van der Waals surface area contributed by atoms with Crippen molar-refractivity contribution in [3.05, 3.63) is 42.2 Å². The summed E-state index contributed by atoms with van der Waals surface area (Å²) in [5.41, 5.74) is 1.58. The number of benzene rings is 1. The monoisotopic (exact) mass is 348 g/mol. The Hall–Kier alpha value is -2.77. The number of aryl methyl sites for hydroxylation is 1. The Morgan fingerprint density at radius 3 is 2.56 bits per heavy atom. The zero-order chi connectivity index (χ0) is 17.8. The van der Waals surface area contributed by atoms with Crippen molar-refractivity contribution in [3.8, 4) is 5.75 Å². The number of anilines is 2. The summed E-state index contributed by atoms with van der Waals surface area (Å²) in [7, 11) is 0. The predicted molar refractivity (Wildman–Crippen MR) is 88.8 cm³/mol. The quantitative estimate of drug-likeness (QED) is 0.900. The van der Waals surface area contributed by atoms with Crippen LogP contribution in [0, 0.1) is 6.92 Å². The minimum atomic E-state index is -2.87. The third-order valence-corrected chi connectivity index (χ3v) is 3.90. The summed E-state index contributed by atoms with van der Waals surface area (Å²) in [6, 6.07) is 5.62. The number of amides is 1. The van der Waals surface area contributed by atoms with Crippen molar-refractivity contribution in [1.29, 1.82) is 0 Å². The van der Waals surface area contributed by atoms with Crippen LogP contribution in [0.4, 0.5) is 20.4 Å². The number of halogens is 2. The number of hydrogen-bond donors (Lipinski definition) is 1. The molecule has 0 aliphatic carbocycles. The minimum absolute atomic E-state index is 0.0611. The fourth-order valence-electron chi connectivity index (χ4n) is 2.70. The second kappa shape index (κ2) is 7.42. The number of alkyl halides is 2. The van der Waals surface area contributed by atoms with Crippen molar-refractivity contribution in [2.75, 3.05) is 16.8 Å². The van der Waals surface area contributed by atoms with Crippen LogP contribution in [0.25, 0.3) is 0 Å². The molecule has 1 unspecified atom stereocenters. The molecule has 6 nitrogen and oxygen atoms in total. The van der Waals surface area contributed by atoms with E-state index in [1.54, 1.807) is 29.4 Å². The van der Waals surface area contributed by atoms with E-state index in [-0.39, 0.29) is 11.7 Å². The van der Waals surface area contributed by atoms with Gasteiger partial charge in [0.15, 0.2) is 0 Å². The van der Waals surface area contributed by atoms with Crippen molar-refractivity contribution in [3.63, 3.8) is 0 Å². The third kappa shape index (κ3) is 4.20. The fraction of sp³-hybridized carbons (Fsp3) is 0.353. The van der Waals surface area contributed by atoms with Gasteiger partial charge in [0.05, 0.1) is 0 Å². The number of ether oxygens (including phenoxy) is 1. The molecule has 1 fully saturated rings. The molecule has 25 heavy (non-hydrogen) atoms. The summed E-state index contributed by atoms with van der Waals surface area (Å²) in [5.74, 6) is 0.371. The lowest BCUT2D eigenvalue weighted by molar-refractivity contribution is -0.120. The zero-order valence-electron chi connectivity index (χ0n) is 13.7. The average Bonchev–Trinajstić information content (AvgIpc) is 2.59. The fourth-order valence-corrected chi connectivity index (χ4v) is 2.70. The Labute approximate surface area is 143 Å². The molecular formula is C17H18F2N4O2. The van der Waals surface area contributed by atoms with E-state index >= 15 is 0 Å². The maximum atomic E-state index is 12.7. The average molecular weight is 348 g/mol. The Morgan fingerprint density at radius 1 is 1.24 bits per heavy atom. The molecule has 8 heteroatoms. The lowest BCUT2D eigenvalue weighted by Gasteiger charge is -2.32. The SMILES string of the molecule is Cc1cnc(NC2CCCN(c3ccc(OC(F)F)cc3)C2=O)nc1. The number of nitrogens with one attached hydrogen (secondary N) is 1. The first kappa shape index (κ1) is 17.1. The molecule has 2 heterocycles. The maximum Gasteiger partial charge on any atom is 0.387 e. The first-order valence-corrected chi connectivity index (χ1v) is 7.94. The summed E-state index contributed by atoms with van der Waals surface area (Å²) in [5, 5.41) is 3.06. The number of carbonyl (C=O) groups excluding carboxylic acids is 1. The molecule has 0 spiro atoms. The molecule has 0 radical (unpaired) electrons. The highest BCUT2D eigenvalue weighted by atomic mass is 19.3. The van der Waals surface area contributed by atoms with Crippen molar-refractivity contribution < 1.29 is 18.3 Å². The Balaban J connectivity index is 1.70. The third-order valence-electron chi connectivity index (χ3n) is 3.90. The van der Waals surface area contributed by atoms with E-state index < -0.39 is 12.7 Å². The number of hydrogen-bond acceptors (Lipinski definition) is 5. The van der Waals surface area contributed by atoms with Gasteiger partial charge in [0.2, 0.25) is 11.9 Å². The van der Waals surface area contributed by atoms with Gasteiger partial charge in [-0.2, -0.15) is 8.78 Å². The van der Waals surface area contributed by atoms with E-state index in [0.29, 0.717) is 24.6 Å². The molecule has 0 bridgehead atoms. The number of rotatable bonds is 5. The van der Waals surface area contributed by atoms with Crippen molar-refractivity contribution in [1.82, 2.24) is 9.97 Å². The molecule has 132 valence electrons. The molecule has 0 saturated carbocycles. The van der Waals surface area contributed by atoms with Gasteiger partial charge in [0, 0.05) is 24.6 Å². The van der Waals surface area contributed by atoms with Crippen molar-refractivity contribution >= 4 is 17.5 Å². The van der Waals surface area contributed by atoms with Crippen LogP contribution in [-0.2, 0) is 4.79 Å². The predicted octanol–water partition coefficient (Wildman–Crippen LogP) is 2.99. The van der Waals surface area contributed by atoms with E-state index in [0.717, 1.165) is 12.0 Å². The van der Waals surface area contributed by atoms with E-state index in [1.807, 2.05) is 6.92 Å². The molecule has 1 aromatic heterocycles. The molecule has 1 atom stereocenters. The topological polar surface area (TPSA) is 67.3 Å². The van der Waals surface area contributed by atoms with E-state index in [1.165, 1.54) is 12.1 Å². The molecule has 1 saturated heterocycles. The number of aromatic nitrogens is 2. The lowest BCUT2D eigenvalue weighted by Crippen LogP contribution is -2.48. The van der Waals surface area contributed by atoms with E-state index in [4.69, 9.17) is 0 Å². The zero-order valence-corrected chi connectivity index (χ0v) is 13.7. The standard InChI is InChI=1S/C17H18F2N4O2/c1-11-9-20-17(21-10-11)22-14-3-2-8-23(15(14)24)12-4-6-13(7-5-12)25-16(18)19/h4-7,9-10,14,16H,2-3,8H2,1H3,(H,20,21,22). The van der Waals surface area contributed by atoms with Crippen LogP contribution in [0.2, 0.25) is 0 Å². The highest BCUT2D eigenvalue weighted by molar-refractivity contribution is 5.99. The summed E-state index contributed by atoms with van der Waals surface area (Å²) in [4.78, 5) is 22.7. The Morgan fingerprint density at radius 2 is 1.92 bits per heavy atom. The van der Waals surface area contributed by atoms with Crippen LogP contribution >= 0.6 is 0 Å². The highest BCUT2D eigenvalue weighted by Crippen LogP contribution is 2.25.